The molecule has 1 aliphatic rings. The van der Waals surface area contributed by atoms with Crippen LogP contribution in [-0.4, -0.2) is 6.04 Å². The number of halogens is 1. The maximum absolute atomic E-state index is 6.02. The molecule has 0 saturated heterocycles. The summed E-state index contributed by atoms with van der Waals surface area (Å²) < 4.78 is 1.18. The molecule has 0 spiro atoms. The van der Waals surface area contributed by atoms with Crippen LogP contribution in [0.4, 0.5) is 0 Å². The topological polar surface area (TPSA) is 26.0 Å². The molecule has 1 saturated carbocycles. The van der Waals surface area contributed by atoms with Gasteiger partial charge in [-0.1, -0.05) is 48.0 Å². The van der Waals surface area contributed by atoms with E-state index in [2.05, 4.69) is 48.0 Å². The summed E-state index contributed by atoms with van der Waals surface area (Å²) >= 11 is 3.56. The second kappa shape index (κ2) is 2.82. The van der Waals surface area contributed by atoms with E-state index in [0.29, 0.717) is 12.0 Å². The number of benzene rings is 1. The first-order chi connectivity index (χ1) is 6.05. The molecule has 0 radical (unpaired) electrons. The third kappa shape index (κ3) is 1.32. The van der Waals surface area contributed by atoms with E-state index >= 15 is 0 Å². The zero-order valence-corrected chi connectivity index (χ0v) is 9.51. The zero-order chi connectivity index (χ0) is 9.64. The molecule has 0 unspecified atom stereocenters. The Morgan fingerprint density at radius 2 is 1.85 bits per heavy atom. The molecule has 70 valence electrons. The van der Waals surface area contributed by atoms with Gasteiger partial charge < -0.3 is 5.73 Å². The minimum absolute atomic E-state index is 0.268. The van der Waals surface area contributed by atoms with E-state index < -0.39 is 0 Å². The molecular weight excluding hydrogens is 226 g/mol. The normalized spacial score (nSPS) is 30.2. The van der Waals surface area contributed by atoms with Crippen molar-refractivity contribution in [2.24, 2.45) is 11.1 Å². The fourth-order valence-electron chi connectivity index (χ4n) is 2.00. The van der Waals surface area contributed by atoms with Gasteiger partial charge in [-0.05, 0) is 17.0 Å². The van der Waals surface area contributed by atoms with Gasteiger partial charge in [-0.3, -0.25) is 0 Å². The van der Waals surface area contributed by atoms with Gasteiger partial charge in [0.15, 0.2) is 0 Å². The highest BCUT2D eigenvalue weighted by atomic mass is 79.9. The molecule has 0 heterocycles. The van der Waals surface area contributed by atoms with Gasteiger partial charge in [-0.25, -0.2) is 0 Å². The lowest BCUT2D eigenvalue weighted by molar-refractivity contribution is 0.598. The smallest absolute Gasteiger partial charge is 0.0210 e. The van der Waals surface area contributed by atoms with Crippen molar-refractivity contribution in [1.29, 1.82) is 0 Å². The van der Waals surface area contributed by atoms with E-state index in [-0.39, 0.29) is 5.41 Å². The van der Waals surface area contributed by atoms with Crippen LogP contribution in [0.1, 0.15) is 25.3 Å². The van der Waals surface area contributed by atoms with E-state index in [4.69, 9.17) is 5.73 Å². The van der Waals surface area contributed by atoms with Crippen LogP contribution in [0.15, 0.2) is 28.7 Å². The Kier molecular flexibility index (Phi) is 2.00. The Bertz CT molecular complexity index is 333. The highest BCUT2D eigenvalue weighted by Gasteiger charge is 2.56. The Morgan fingerprint density at radius 1 is 1.31 bits per heavy atom. The van der Waals surface area contributed by atoms with Gasteiger partial charge in [0.05, 0.1) is 0 Å². The van der Waals surface area contributed by atoms with Crippen molar-refractivity contribution < 1.29 is 0 Å². The summed E-state index contributed by atoms with van der Waals surface area (Å²) in [6.45, 7) is 4.45. The first-order valence-corrected chi connectivity index (χ1v) is 5.34. The molecule has 0 amide bonds. The second-order valence-corrected chi connectivity index (χ2v) is 5.20. The van der Waals surface area contributed by atoms with Crippen LogP contribution in [-0.2, 0) is 0 Å². The molecule has 2 rings (SSSR count). The molecule has 1 aromatic rings. The van der Waals surface area contributed by atoms with E-state index in [9.17, 15) is 0 Å². The minimum atomic E-state index is 0.268. The molecular formula is C11H14BrN. The van der Waals surface area contributed by atoms with Crippen LogP contribution in [0, 0.1) is 5.41 Å². The summed E-state index contributed by atoms with van der Waals surface area (Å²) in [5.74, 6) is 0.517. The van der Waals surface area contributed by atoms with E-state index in [1.807, 2.05) is 6.07 Å². The third-order valence-electron chi connectivity index (χ3n) is 3.15. The zero-order valence-electron chi connectivity index (χ0n) is 7.92. The molecule has 2 N–H and O–H groups in total. The van der Waals surface area contributed by atoms with Gasteiger partial charge in [0.1, 0.15) is 0 Å². The monoisotopic (exact) mass is 239 g/mol. The first-order valence-electron chi connectivity index (χ1n) is 4.55. The molecule has 1 aliphatic carbocycles. The molecule has 1 nitrogen and oxygen atoms in total. The van der Waals surface area contributed by atoms with Crippen molar-refractivity contribution in [2.75, 3.05) is 0 Å². The Morgan fingerprint density at radius 3 is 2.31 bits per heavy atom. The highest BCUT2D eigenvalue weighted by Crippen LogP contribution is 2.58. The standard InChI is InChI=1S/C11H14BrN/c1-11(2)9(10(11)13)7-5-3-4-6-8(7)12/h3-6,9-10H,13H2,1-2H3/t9-,10-/m1/s1. The largest absolute Gasteiger partial charge is 0.327 e. The van der Waals surface area contributed by atoms with Crippen molar-refractivity contribution in [2.45, 2.75) is 25.8 Å². The lowest BCUT2D eigenvalue weighted by Gasteiger charge is -2.04. The quantitative estimate of drug-likeness (QED) is 0.802. The fourth-order valence-corrected chi connectivity index (χ4v) is 2.53. The van der Waals surface area contributed by atoms with Gasteiger partial charge in [-0.15, -0.1) is 0 Å². The molecule has 0 aromatic heterocycles. The predicted molar refractivity (Wildman–Crippen MR) is 58.6 cm³/mol. The third-order valence-corrected chi connectivity index (χ3v) is 3.87. The summed E-state index contributed by atoms with van der Waals surface area (Å²) in [4.78, 5) is 0. The highest BCUT2D eigenvalue weighted by molar-refractivity contribution is 9.10. The van der Waals surface area contributed by atoms with Crippen LogP contribution in [0.3, 0.4) is 0 Å². The second-order valence-electron chi connectivity index (χ2n) is 4.35. The van der Waals surface area contributed by atoms with Crippen LogP contribution < -0.4 is 5.73 Å². The number of hydrogen-bond acceptors (Lipinski definition) is 1. The molecule has 0 aliphatic heterocycles. The van der Waals surface area contributed by atoms with E-state index in [1.165, 1.54) is 10.0 Å². The lowest BCUT2D eigenvalue weighted by Crippen LogP contribution is -2.06. The van der Waals surface area contributed by atoms with Gasteiger partial charge in [0.2, 0.25) is 0 Å². The number of nitrogens with two attached hydrogens (primary N) is 1. The van der Waals surface area contributed by atoms with E-state index in [1.54, 1.807) is 0 Å². The summed E-state index contributed by atoms with van der Waals surface area (Å²) in [6.07, 6.45) is 0. The lowest BCUT2D eigenvalue weighted by atomic mass is 10.0. The molecule has 13 heavy (non-hydrogen) atoms. The summed E-state index contributed by atoms with van der Waals surface area (Å²) in [6, 6.07) is 8.65. The SMILES string of the molecule is CC1(C)[C@H](N)[C@H]1c1ccccc1Br. The Hall–Kier alpha value is -0.340. The average molecular weight is 240 g/mol. The van der Waals surface area contributed by atoms with Crippen molar-refractivity contribution in [3.05, 3.63) is 34.3 Å². The van der Waals surface area contributed by atoms with Crippen molar-refractivity contribution in [1.82, 2.24) is 0 Å². The summed E-state index contributed by atoms with van der Waals surface area (Å²) in [7, 11) is 0. The van der Waals surface area contributed by atoms with Crippen molar-refractivity contribution in [3.63, 3.8) is 0 Å². The molecule has 1 aromatic carbocycles. The first kappa shape index (κ1) is 9.22. The Labute approximate surface area is 87.5 Å². The number of hydrogen-bond donors (Lipinski definition) is 1. The molecule has 2 heteroatoms. The maximum Gasteiger partial charge on any atom is 0.0210 e. The van der Waals surface area contributed by atoms with Gasteiger partial charge in [-0.2, -0.15) is 0 Å². The van der Waals surface area contributed by atoms with E-state index in [0.717, 1.165) is 0 Å². The summed E-state index contributed by atoms with van der Waals surface area (Å²) in [5.41, 5.74) is 7.64. The maximum atomic E-state index is 6.02. The number of rotatable bonds is 1. The van der Waals surface area contributed by atoms with Crippen LogP contribution in [0.2, 0.25) is 0 Å². The fraction of sp³-hybridized carbons (Fsp3) is 0.455. The van der Waals surface area contributed by atoms with Gasteiger partial charge >= 0.3 is 0 Å². The Balaban J connectivity index is 2.34. The van der Waals surface area contributed by atoms with Gasteiger partial charge in [0.25, 0.3) is 0 Å². The minimum Gasteiger partial charge on any atom is -0.327 e. The van der Waals surface area contributed by atoms with Crippen molar-refractivity contribution in [3.8, 4) is 0 Å². The van der Waals surface area contributed by atoms with Crippen LogP contribution in [0.5, 0.6) is 0 Å². The predicted octanol–water partition coefficient (Wildman–Crippen LogP) is 2.90. The van der Waals surface area contributed by atoms with Crippen molar-refractivity contribution >= 4 is 15.9 Å². The molecule has 2 atom stereocenters. The molecule has 1 fully saturated rings. The molecule has 0 bridgehead atoms. The average Bonchev–Trinajstić information content (AvgIpc) is 2.54. The van der Waals surface area contributed by atoms with Crippen LogP contribution in [0.25, 0.3) is 0 Å². The summed E-state index contributed by atoms with van der Waals surface area (Å²) in [5, 5.41) is 0. The van der Waals surface area contributed by atoms with Gasteiger partial charge in [0, 0.05) is 16.4 Å². The van der Waals surface area contributed by atoms with Crippen LogP contribution >= 0.6 is 15.9 Å².